The first-order chi connectivity index (χ1) is 6.77. The molecular formula is C12H13N2. The van der Waals surface area contributed by atoms with Crippen LogP contribution in [-0.2, 0) is 0 Å². The van der Waals surface area contributed by atoms with E-state index in [0.717, 1.165) is 5.69 Å². The van der Waals surface area contributed by atoms with Gasteiger partial charge in [-0.2, -0.15) is 0 Å². The Morgan fingerprint density at radius 1 is 1.21 bits per heavy atom. The van der Waals surface area contributed by atoms with E-state index in [4.69, 9.17) is 0 Å². The zero-order valence-corrected chi connectivity index (χ0v) is 8.44. The zero-order valence-electron chi connectivity index (χ0n) is 8.44. The van der Waals surface area contributed by atoms with Crippen molar-refractivity contribution >= 4 is 0 Å². The molecule has 2 aromatic rings. The average molecular weight is 185 g/mol. The van der Waals surface area contributed by atoms with E-state index in [1.807, 2.05) is 10.8 Å². The minimum Gasteiger partial charge on any atom is -0.297 e. The lowest BCUT2D eigenvalue weighted by molar-refractivity contribution is 0.865. The van der Waals surface area contributed by atoms with E-state index in [1.54, 1.807) is 6.20 Å². The van der Waals surface area contributed by atoms with Crippen LogP contribution in [0.25, 0.3) is 5.69 Å². The normalized spacial score (nSPS) is 10.8. The number of nitrogens with zero attached hydrogens (tertiary/aromatic N) is 2. The number of imidazole rings is 1. The summed E-state index contributed by atoms with van der Waals surface area (Å²) in [7, 11) is 0. The summed E-state index contributed by atoms with van der Waals surface area (Å²) in [5.74, 6) is 0.579. The molecule has 0 atom stereocenters. The smallest absolute Gasteiger partial charge is 0.181 e. The monoisotopic (exact) mass is 185 g/mol. The molecule has 1 aromatic heterocycles. The Kier molecular flexibility index (Phi) is 2.35. The average Bonchev–Trinajstić information content (AvgIpc) is 2.71. The van der Waals surface area contributed by atoms with E-state index >= 15 is 0 Å². The van der Waals surface area contributed by atoms with Crippen LogP contribution >= 0.6 is 0 Å². The van der Waals surface area contributed by atoms with E-state index < -0.39 is 0 Å². The van der Waals surface area contributed by atoms with Gasteiger partial charge in [0.1, 0.15) is 0 Å². The fourth-order valence-electron chi connectivity index (χ4n) is 1.39. The van der Waals surface area contributed by atoms with Gasteiger partial charge >= 0.3 is 0 Å². The highest BCUT2D eigenvalue weighted by atomic mass is 15.0. The van der Waals surface area contributed by atoms with Crippen molar-refractivity contribution in [3.05, 3.63) is 48.5 Å². The van der Waals surface area contributed by atoms with E-state index in [-0.39, 0.29) is 0 Å². The van der Waals surface area contributed by atoms with E-state index in [2.05, 4.69) is 49.4 Å². The van der Waals surface area contributed by atoms with E-state index in [0.29, 0.717) is 5.92 Å². The molecule has 0 N–H and O–H groups in total. The molecule has 0 unspecified atom stereocenters. The van der Waals surface area contributed by atoms with Gasteiger partial charge in [0.05, 0.1) is 0 Å². The maximum absolute atomic E-state index is 3.89. The molecule has 71 valence electrons. The van der Waals surface area contributed by atoms with Crippen molar-refractivity contribution in [3.63, 3.8) is 0 Å². The van der Waals surface area contributed by atoms with Crippen molar-refractivity contribution < 1.29 is 0 Å². The molecule has 0 saturated heterocycles. The van der Waals surface area contributed by atoms with Crippen LogP contribution in [0.4, 0.5) is 0 Å². The third-order valence-corrected chi connectivity index (χ3v) is 2.29. The van der Waals surface area contributed by atoms with Gasteiger partial charge in [0, 0.05) is 18.1 Å². The molecule has 1 aromatic carbocycles. The van der Waals surface area contributed by atoms with Gasteiger partial charge in [-0.3, -0.25) is 4.57 Å². The summed E-state index contributed by atoms with van der Waals surface area (Å²) in [6.07, 6.45) is 6.49. The van der Waals surface area contributed by atoms with Crippen molar-refractivity contribution in [2.75, 3.05) is 0 Å². The Labute approximate surface area is 84.2 Å². The molecule has 2 heteroatoms. The summed E-state index contributed by atoms with van der Waals surface area (Å²) >= 11 is 0. The van der Waals surface area contributed by atoms with Crippen LogP contribution in [0.1, 0.15) is 25.3 Å². The quantitative estimate of drug-likeness (QED) is 0.703. The highest BCUT2D eigenvalue weighted by Gasteiger charge is 1.99. The lowest BCUT2D eigenvalue weighted by Gasteiger charge is -2.06. The second-order valence-electron chi connectivity index (χ2n) is 3.64. The molecule has 2 nitrogen and oxygen atoms in total. The first-order valence-corrected chi connectivity index (χ1v) is 4.79. The Hall–Kier alpha value is -1.57. The molecule has 1 heterocycles. The van der Waals surface area contributed by atoms with Crippen molar-refractivity contribution in [2.45, 2.75) is 19.8 Å². The lowest BCUT2D eigenvalue weighted by atomic mass is 10.0. The van der Waals surface area contributed by atoms with Crippen molar-refractivity contribution in [1.29, 1.82) is 0 Å². The summed E-state index contributed by atoms with van der Waals surface area (Å²) in [6.45, 7) is 4.39. The predicted molar refractivity (Wildman–Crippen MR) is 56.5 cm³/mol. The molecule has 0 amide bonds. The van der Waals surface area contributed by atoms with E-state index in [9.17, 15) is 0 Å². The first kappa shape index (κ1) is 9.00. The van der Waals surface area contributed by atoms with Crippen molar-refractivity contribution in [3.8, 4) is 5.69 Å². The van der Waals surface area contributed by atoms with Gasteiger partial charge in [-0.1, -0.05) is 26.0 Å². The molecule has 2 rings (SSSR count). The lowest BCUT2D eigenvalue weighted by Crippen LogP contribution is -1.92. The minimum absolute atomic E-state index is 0.579. The van der Waals surface area contributed by atoms with Gasteiger partial charge < -0.3 is 0 Å². The first-order valence-electron chi connectivity index (χ1n) is 4.79. The van der Waals surface area contributed by atoms with Gasteiger partial charge in [-0.05, 0) is 23.6 Å². The third kappa shape index (κ3) is 1.69. The summed E-state index contributed by atoms with van der Waals surface area (Å²) in [4.78, 5) is 3.89. The molecule has 0 saturated carbocycles. The molecule has 0 aliphatic rings. The Bertz CT molecular complexity index is 385. The molecule has 0 fully saturated rings. The second-order valence-corrected chi connectivity index (χ2v) is 3.64. The van der Waals surface area contributed by atoms with Gasteiger partial charge in [0.15, 0.2) is 6.33 Å². The topological polar surface area (TPSA) is 17.8 Å². The van der Waals surface area contributed by atoms with Crippen LogP contribution in [-0.4, -0.2) is 9.55 Å². The Morgan fingerprint density at radius 3 is 2.43 bits per heavy atom. The van der Waals surface area contributed by atoms with Crippen LogP contribution < -0.4 is 0 Å². The Balaban J connectivity index is 2.31. The van der Waals surface area contributed by atoms with E-state index in [1.165, 1.54) is 5.56 Å². The number of benzene rings is 1. The van der Waals surface area contributed by atoms with Gasteiger partial charge in [-0.15, -0.1) is 0 Å². The molecular weight excluding hydrogens is 172 g/mol. The summed E-state index contributed by atoms with van der Waals surface area (Å²) < 4.78 is 1.88. The Morgan fingerprint density at radius 2 is 1.93 bits per heavy atom. The number of hydrogen-bond acceptors (Lipinski definition) is 1. The van der Waals surface area contributed by atoms with Crippen LogP contribution in [0.15, 0.2) is 36.7 Å². The number of aromatic nitrogens is 2. The highest BCUT2D eigenvalue weighted by Crippen LogP contribution is 2.16. The largest absolute Gasteiger partial charge is 0.297 e. The summed E-state index contributed by atoms with van der Waals surface area (Å²) in [5, 5.41) is 0. The molecule has 0 bridgehead atoms. The molecule has 0 aliphatic carbocycles. The minimum atomic E-state index is 0.579. The summed E-state index contributed by atoms with van der Waals surface area (Å²) in [6, 6.07) is 8.47. The van der Waals surface area contributed by atoms with Gasteiger partial charge in [0.25, 0.3) is 0 Å². The fraction of sp³-hybridized carbons (Fsp3) is 0.250. The van der Waals surface area contributed by atoms with Crippen molar-refractivity contribution in [1.82, 2.24) is 9.55 Å². The van der Waals surface area contributed by atoms with Crippen LogP contribution in [0.3, 0.4) is 0 Å². The number of hydrogen-bond donors (Lipinski definition) is 0. The van der Waals surface area contributed by atoms with Crippen LogP contribution in [0, 0.1) is 6.33 Å². The summed E-state index contributed by atoms with van der Waals surface area (Å²) in [5.41, 5.74) is 2.46. The molecule has 0 aliphatic heterocycles. The molecule has 14 heavy (non-hydrogen) atoms. The van der Waals surface area contributed by atoms with Gasteiger partial charge in [0.2, 0.25) is 0 Å². The highest BCUT2D eigenvalue weighted by molar-refractivity contribution is 5.35. The maximum atomic E-state index is 3.89. The SMILES string of the molecule is CC(C)c1ccc(-n2[c]ncc2)cc1. The number of rotatable bonds is 2. The van der Waals surface area contributed by atoms with Gasteiger partial charge in [-0.25, -0.2) is 4.98 Å². The molecule has 1 radical (unpaired) electrons. The zero-order chi connectivity index (χ0) is 9.97. The maximum Gasteiger partial charge on any atom is 0.181 e. The second kappa shape index (κ2) is 3.66. The fourth-order valence-corrected chi connectivity index (χ4v) is 1.39. The van der Waals surface area contributed by atoms with Crippen LogP contribution in [0.5, 0.6) is 0 Å². The third-order valence-electron chi connectivity index (χ3n) is 2.29. The molecule has 0 spiro atoms. The standard InChI is InChI=1S/C12H13N2/c1-10(2)11-3-5-12(6-4-11)14-8-7-13-9-14/h3-8,10H,1-2H3. The van der Waals surface area contributed by atoms with Crippen LogP contribution in [0.2, 0.25) is 0 Å². The van der Waals surface area contributed by atoms with Crippen molar-refractivity contribution in [2.24, 2.45) is 0 Å². The predicted octanol–water partition coefficient (Wildman–Crippen LogP) is 2.80.